The second-order valence-electron chi connectivity index (χ2n) is 4.89. The van der Waals surface area contributed by atoms with Crippen LogP contribution in [0, 0.1) is 23.0 Å². The van der Waals surface area contributed by atoms with Crippen LogP contribution in [0.5, 0.6) is 0 Å². The Morgan fingerprint density at radius 3 is 2.59 bits per heavy atom. The summed E-state index contributed by atoms with van der Waals surface area (Å²) in [6.45, 7) is 0.217. The number of aliphatic hydroxyl groups is 1. The van der Waals surface area contributed by atoms with Crippen molar-refractivity contribution >= 4 is 0 Å². The molecule has 1 atom stereocenters. The van der Waals surface area contributed by atoms with E-state index < -0.39 is 17.0 Å². The SMILES string of the molecule is NCC(CO)(Cc1cccc(F)c1F)C1CC1. The lowest BCUT2D eigenvalue weighted by Gasteiger charge is -2.30. The fourth-order valence-corrected chi connectivity index (χ4v) is 2.39. The van der Waals surface area contributed by atoms with E-state index >= 15 is 0 Å². The van der Waals surface area contributed by atoms with Gasteiger partial charge in [-0.1, -0.05) is 12.1 Å². The molecule has 0 radical (unpaired) electrons. The van der Waals surface area contributed by atoms with E-state index in [-0.39, 0.29) is 6.61 Å². The summed E-state index contributed by atoms with van der Waals surface area (Å²) in [5.41, 5.74) is 5.53. The zero-order valence-electron chi connectivity index (χ0n) is 9.63. The van der Waals surface area contributed by atoms with Crippen LogP contribution in [0.15, 0.2) is 18.2 Å². The third kappa shape index (κ3) is 2.33. The van der Waals surface area contributed by atoms with Crippen LogP contribution < -0.4 is 5.73 Å². The van der Waals surface area contributed by atoms with Crippen LogP contribution in [0.1, 0.15) is 18.4 Å². The highest BCUT2D eigenvalue weighted by molar-refractivity contribution is 5.21. The van der Waals surface area contributed by atoms with Gasteiger partial charge in [-0.05, 0) is 36.8 Å². The molecule has 1 aliphatic carbocycles. The molecule has 1 fully saturated rings. The monoisotopic (exact) mass is 241 g/mol. The number of hydrogen-bond donors (Lipinski definition) is 2. The zero-order chi connectivity index (χ0) is 12.5. The summed E-state index contributed by atoms with van der Waals surface area (Å²) in [6, 6.07) is 4.14. The van der Waals surface area contributed by atoms with Crippen LogP contribution in [0.25, 0.3) is 0 Å². The van der Waals surface area contributed by atoms with E-state index in [0.717, 1.165) is 18.9 Å². The van der Waals surface area contributed by atoms with Crippen molar-refractivity contribution in [3.8, 4) is 0 Å². The molecule has 0 bridgehead atoms. The number of aliphatic hydroxyl groups excluding tert-OH is 1. The van der Waals surface area contributed by atoms with Crippen molar-refractivity contribution in [3.05, 3.63) is 35.4 Å². The maximum Gasteiger partial charge on any atom is 0.162 e. The van der Waals surface area contributed by atoms with Gasteiger partial charge in [0.05, 0.1) is 6.61 Å². The molecule has 1 unspecified atom stereocenters. The fraction of sp³-hybridized carbons (Fsp3) is 0.538. The number of nitrogens with two attached hydrogens (primary N) is 1. The third-order valence-electron chi connectivity index (χ3n) is 3.74. The normalized spacial score (nSPS) is 19.1. The Bertz CT molecular complexity index is 400. The van der Waals surface area contributed by atoms with Gasteiger partial charge in [0.1, 0.15) is 0 Å². The van der Waals surface area contributed by atoms with Gasteiger partial charge < -0.3 is 10.8 Å². The summed E-state index contributed by atoms with van der Waals surface area (Å²) < 4.78 is 26.7. The van der Waals surface area contributed by atoms with Crippen LogP contribution >= 0.6 is 0 Å². The topological polar surface area (TPSA) is 46.2 Å². The average Bonchev–Trinajstić information content (AvgIpc) is 3.16. The minimum absolute atomic E-state index is 0.0792. The summed E-state index contributed by atoms with van der Waals surface area (Å²) in [7, 11) is 0. The van der Waals surface area contributed by atoms with Gasteiger partial charge in [0, 0.05) is 12.0 Å². The summed E-state index contributed by atoms with van der Waals surface area (Å²) in [5.74, 6) is -1.33. The minimum Gasteiger partial charge on any atom is -0.396 e. The van der Waals surface area contributed by atoms with Crippen LogP contribution in [0.4, 0.5) is 8.78 Å². The molecule has 0 aromatic heterocycles. The van der Waals surface area contributed by atoms with Crippen molar-refractivity contribution in [2.75, 3.05) is 13.2 Å². The number of benzene rings is 1. The van der Waals surface area contributed by atoms with E-state index in [4.69, 9.17) is 5.73 Å². The second kappa shape index (κ2) is 4.70. The van der Waals surface area contributed by atoms with E-state index in [1.54, 1.807) is 6.07 Å². The quantitative estimate of drug-likeness (QED) is 0.826. The Kier molecular flexibility index (Phi) is 3.45. The highest BCUT2D eigenvalue weighted by Gasteiger charge is 2.44. The number of hydrogen-bond acceptors (Lipinski definition) is 2. The second-order valence-corrected chi connectivity index (χ2v) is 4.89. The van der Waals surface area contributed by atoms with Crippen molar-refractivity contribution < 1.29 is 13.9 Å². The average molecular weight is 241 g/mol. The Morgan fingerprint density at radius 2 is 2.06 bits per heavy atom. The number of halogens is 2. The molecule has 1 saturated carbocycles. The van der Waals surface area contributed by atoms with Crippen molar-refractivity contribution in [1.29, 1.82) is 0 Å². The highest BCUT2D eigenvalue weighted by atomic mass is 19.2. The van der Waals surface area contributed by atoms with Gasteiger partial charge in [-0.2, -0.15) is 0 Å². The Morgan fingerprint density at radius 1 is 1.35 bits per heavy atom. The van der Waals surface area contributed by atoms with E-state index in [9.17, 15) is 13.9 Å². The van der Waals surface area contributed by atoms with Gasteiger partial charge >= 0.3 is 0 Å². The first-order chi connectivity index (χ1) is 8.13. The van der Waals surface area contributed by atoms with E-state index in [1.165, 1.54) is 6.07 Å². The molecule has 0 saturated heterocycles. The van der Waals surface area contributed by atoms with Gasteiger partial charge in [-0.15, -0.1) is 0 Å². The molecule has 1 aliphatic rings. The molecular formula is C13H17F2NO. The predicted molar refractivity (Wildman–Crippen MR) is 61.4 cm³/mol. The van der Waals surface area contributed by atoms with Gasteiger partial charge in [-0.25, -0.2) is 8.78 Å². The lowest BCUT2D eigenvalue weighted by Crippen LogP contribution is -2.39. The minimum atomic E-state index is -0.845. The molecule has 3 N–H and O–H groups in total. The summed E-state index contributed by atoms with van der Waals surface area (Å²) >= 11 is 0. The molecule has 1 aromatic carbocycles. The van der Waals surface area contributed by atoms with Gasteiger partial charge in [0.2, 0.25) is 0 Å². The molecule has 94 valence electrons. The summed E-state index contributed by atoms with van der Waals surface area (Å²) in [4.78, 5) is 0. The molecular weight excluding hydrogens is 224 g/mol. The van der Waals surface area contributed by atoms with Crippen molar-refractivity contribution in [2.24, 2.45) is 17.1 Å². The third-order valence-corrected chi connectivity index (χ3v) is 3.74. The molecule has 4 heteroatoms. The summed E-state index contributed by atoms with van der Waals surface area (Å²) in [5, 5.41) is 9.51. The smallest absolute Gasteiger partial charge is 0.162 e. The van der Waals surface area contributed by atoms with Crippen LogP contribution in [0.2, 0.25) is 0 Å². The van der Waals surface area contributed by atoms with Gasteiger partial charge in [0.15, 0.2) is 11.6 Å². The van der Waals surface area contributed by atoms with Crippen molar-refractivity contribution in [2.45, 2.75) is 19.3 Å². The van der Waals surface area contributed by atoms with E-state index in [2.05, 4.69) is 0 Å². The van der Waals surface area contributed by atoms with Crippen LogP contribution in [0.3, 0.4) is 0 Å². The molecule has 0 spiro atoms. The zero-order valence-corrected chi connectivity index (χ0v) is 9.63. The van der Waals surface area contributed by atoms with E-state index in [1.807, 2.05) is 0 Å². The Balaban J connectivity index is 2.25. The first kappa shape index (κ1) is 12.5. The fourth-order valence-electron chi connectivity index (χ4n) is 2.39. The van der Waals surface area contributed by atoms with E-state index in [0.29, 0.717) is 24.4 Å². The molecule has 1 aromatic rings. The summed E-state index contributed by atoms with van der Waals surface area (Å²) in [6.07, 6.45) is 2.32. The maximum atomic E-state index is 13.6. The highest BCUT2D eigenvalue weighted by Crippen LogP contribution is 2.47. The van der Waals surface area contributed by atoms with Crippen molar-refractivity contribution in [1.82, 2.24) is 0 Å². The van der Waals surface area contributed by atoms with Gasteiger partial charge in [0.25, 0.3) is 0 Å². The largest absolute Gasteiger partial charge is 0.396 e. The molecule has 0 amide bonds. The number of rotatable bonds is 5. The standard InChI is InChI=1S/C13H17F2NO/c14-11-3-1-2-9(12(11)15)6-13(7-16,8-17)10-4-5-10/h1-3,10,17H,4-8,16H2. The maximum absolute atomic E-state index is 13.6. The lowest BCUT2D eigenvalue weighted by molar-refractivity contribution is 0.108. The Hall–Kier alpha value is -1.00. The van der Waals surface area contributed by atoms with Gasteiger partial charge in [-0.3, -0.25) is 0 Å². The van der Waals surface area contributed by atoms with Crippen LogP contribution in [-0.4, -0.2) is 18.3 Å². The van der Waals surface area contributed by atoms with Crippen LogP contribution in [-0.2, 0) is 6.42 Å². The molecule has 2 nitrogen and oxygen atoms in total. The molecule has 2 rings (SSSR count). The Labute approximate surface area is 99.4 Å². The first-order valence-electron chi connectivity index (χ1n) is 5.87. The molecule has 0 heterocycles. The van der Waals surface area contributed by atoms with Crippen molar-refractivity contribution in [3.63, 3.8) is 0 Å². The molecule has 0 aliphatic heterocycles. The predicted octanol–water partition coefficient (Wildman–Crippen LogP) is 1.85. The lowest BCUT2D eigenvalue weighted by atomic mass is 9.77. The molecule has 17 heavy (non-hydrogen) atoms. The first-order valence-corrected chi connectivity index (χ1v) is 5.87.